The lowest BCUT2D eigenvalue weighted by molar-refractivity contribution is -0.148. The van der Waals surface area contributed by atoms with Crippen LogP contribution < -0.4 is 11.1 Å². The molecule has 0 spiro atoms. The topological polar surface area (TPSA) is 106 Å². The minimum Gasteiger partial charge on any atom is -0.402 e. The van der Waals surface area contributed by atoms with Crippen molar-refractivity contribution in [3.05, 3.63) is 93.7 Å². The lowest BCUT2D eigenvalue weighted by Crippen LogP contribution is -2.44. The molecule has 0 fully saturated rings. The number of aromatic nitrogens is 3. The summed E-state index contributed by atoms with van der Waals surface area (Å²) >= 11 is 0. The van der Waals surface area contributed by atoms with Crippen LogP contribution >= 0.6 is 0 Å². The molecule has 0 radical (unpaired) electrons. The predicted octanol–water partition coefficient (Wildman–Crippen LogP) is 3.68. The van der Waals surface area contributed by atoms with Gasteiger partial charge in [-0.2, -0.15) is 13.2 Å². The maximum atomic E-state index is 14.4. The van der Waals surface area contributed by atoms with Crippen LogP contribution in [0, 0.1) is 34.9 Å². The summed E-state index contributed by atoms with van der Waals surface area (Å²) < 4.78 is 122. The van der Waals surface area contributed by atoms with Gasteiger partial charge < -0.3 is 20.5 Å². The molecule has 43 heavy (non-hydrogen) atoms. The highest BCUT2D eigenvalue weighted by atomic mass is 19.4. The van der Waals surface area contributed by atoms with Gasteiger partial charge in [0.25, 0.3) is 0 Å². The molecule has 230 valence electrons. The first-order chi connectivity index (χ1) is 20.1. The molecule has 0 aliphatic carbocycles. The van der Waals surface area contributed by atoms with E-state index in [0.717, 1.165) is 15.5 Å². The second kappa shape index (κ2) is 12.3. The van der Waals surface area contributed by atoms with Crippen molar-refractivity contribution in [3.63, 3.8) is 0 Å². The Balaban J connectivity index is 1.51. The van der Waals surface area contributed by atoms with Gasteiger partial charge in [0.2, 0.25) is 17.6 Å². The van der Waals surface area contributed by atoms with Crippen LogP contribution in [-0.4, -0.2) is 44.1 Å². The molecular formula is C26H21F9N6O2. The Hall–Kier alpha value is -4.57. The number of halogens is 9. The summed E-state index contributed by atoms with van der Waals surface area (Å²) in [6, 6.07) is 0.368. The number of nitrogens with one attached hydrogen (secondary N) is 1. The van der Waals surface area contributed by atoms with Crippen molar-refractivity contribution in [2.24, 2.45) is 5.73 Å². The molecule has 4 rings (SSSR count). The summed E-state index contributed by atoms with van der Waals surface area (Å²) in [5.41, 5.74) is 4.64. The molecule has 2 heterocycles. The summed E-state index contributed by atoms with van der Waals surface area (Å²) in [6.45, 7) is -0.855. The number of nitrogens with zero attached hydrogens (tertiary/aromatic N) is 4. The summed E-state index contributed by atoms with van der Waals surface area (Å²) in [6.07, 6.45) is -5.65. The van der Waals surface area contributed by atoms with E-state index in [4.69, 9.17) is 5.73 Å². The zero-order valence-corrected chi connectivity index (χ0v) is 21.8. The number of fused-ring (bicyclic) bond motifs is 1. The van der Waals surface area contributed by atoms with E-state index in [-0.39, 0.29) is 42.8 Å². The second-order valence-corrected chi connectivity index (χ2v) is 9.63. The Labute approximate surface area is 237 Å². The molecule has 0 saturated carbocycles. The molecule has 2 amide bonds. The van der Waals surface area contributed by atoms with Gasteiger partial charge >= 0.3 is 6.18 Å². The third-order valence-electron chi connectivity index (χ3n) is 6.48. The van der Waals surface area contributed by atoms with Crippen LogP contribution in [0.25, 0.3) is 0 Å². The molecule has 1 atom stereocenters. The number of hydrogen-bond donors (Lipinski definition) is 2. The summed E-state index contributed by atoms with van der Waals surface area (Å²) in [7, 11) is 0. The van der Waals surface area contributed by atoms with Crippen LogP contribution in [0.5, 0.6) is 0 Å². The van der Waals surface area contributed by atoms with Crippen molar-refractivity contribution in [3.8, 4) is 0 Å². The molecule has 1 aliphatic heterocycles. The first kappa shape index (κ1) is 31.4. The fourth-order valence-electron chi connectivity index (χ4n) is 4.46. The summed E-state index contributed by atoms with van der Waals surface area (Å²) in [5.74, 6) is -11.1. The van der Waals surface area contributed by atoms with E-state index < -0.39 is 89.6 Å². The number of hydrogen-bond acceptors (Lipinski definition) is 5. The summed E-state index contributed by atoms with van der Waals surface area (Å²) in [5, 5.41) is 8.95. The van der Waals surface area contributed by atoms with Crippen LogP contribution in [0.2, 0.25) is 0 Å². The highest BCUT2D eigenvalue weighted by molar-refractivity contribution is 5.89. The van der Waals surface area contributed by atoms with Gasteiger partial charge in [0, 0.05) is 55.9 Å². The largest absolute Gasteiger partial charge is 0.451 e. The van der Waals surface area contributed by atoms with E-state index in [1.807, 2.05) is 0 Å². The standard InChI is InChI=1S/C26H21F9N6O2/c27-16-9-20(31)18(29)5-12(16)3-14(36)7-23(42)37-15(4-13-6-19(30)21(32)10-17(13)28)8-24(43)40-1-2-41-22(11-40)38-39-25(41)26(33,34)35/h5-7,9-10,15H,1-4,8,11,36H2,(H,37,42)/b14-7-/t15-/m1/s1. The van der Waals surface area contributed by atoms with Gasteiger partial charge in [0.1, 0.15) is 11.6 Å². The second-order valence-electron chi connectivity index (χ2n) is 9.63. The van der Waals surface area contributed by atoms with Crippen molar-refractivity contribution in [1.29, 1.82) is 0 Å². The van der Waals surface area contributed by atoms with E-state index >= 15 is 0 Å². The molecule has 0 unspecified atom stereocenters. The Kier molecular flexibility index (Phi) is 9.01. The molecule has 17 heteroatoms. The third-order valence-corrected chi connectivity index (χ3v) is 6.48. The molecule has 3 aromatic rings. The van der Waals surface area contributed by atoms with Crippen LogP contribution in [0.4, 0.5) is 39.5 Å². The van der Waals surface area contributed by atoms with Crippen LogP contribution in [0.15, 0.2) is 36.0 Å². The highest BCUT2D eigenvalue weighted by Crippen LogP contribution is 2.29. The van der Waals surface area contributed by atoms with Gasteiger partial charge in [-0.3, -0.25) is 9.59 Å². The quantitative estimate of drug-likeness (QED) is 0.227. The van der Waals surface area contributed by atoms with Gasteiger partial charge in [-0.1, -0.05) is 0 Å². The number of allylic oxidation sites excluding steroid dienone is 1. The van der Waals surface area contributed by atoms with Gasteiger partial charge in [-0.15, -0.1) is 10.2 Å². The van der Waals surface area contributed by atoms with Crippen molar-refractivity contribution < 1.29 is 49.1 Å². The van der Waals surface area contributed by atoms with Gasteiger partial charge in [0.15, 0.2) is 29.1 Å². The highest BCUT2D eigenvalue weighted by Gasteiger charge is 2.40. The van der Waals surface area contributed by atoms with Crippen LogP contribution in [-0.2, 0) is 41.7 Å². The fraction of sp³-hybridized carbons (Fsp3) is 0.308. The first-order valence-corrected chi connectivity index (χ1v) is 12.4. The Morgan fingerprint density at radius 1 is 0.884 bits per heavy atom. The number of nitrogens with two attached hydrogens (primary N) is 1. The minimum absolute atomic E-state index is 0.153. The van der Waals surface area contributed by atoms with Crippen molar-refractivity contribution in [2.75, 3.05) is 6.54 Å². The molecule has 0 bridgehead atoms. The number of carbonyl (C=O) groups is 2. The lowest BCUT2D eigenvalue weighted by atomic mass is 10.0. The van der Waals surface area contributed by atoms with E-state index in [1.54, 1.807) is 0 Å². The SMILES string of the molecule is N/C(=C\C(=O)N[C@@H](CC(=O)N1CCn2c(nnc2C(F)(F)F)C1)Cc1cc(F)c(F)cc1F)Cc1cc(F)c(F)cc1F. The normalized spacial score (nSPS) is 14.4. The minimum atomic E-state index is -4.77. The van der Waals surface area contributed by atoms with E-state index in [9.17, 15) is 49.1 Å². The maximum Gasteiger partial charge on any atom is 0.451 e. The predicted molar refractivity (Wildman–Crippen MR) is 129 cm³/mol. The zero-order valence-electron chi connectivity index (χ0n) is 21.8. The number of alkyl halides is 3. The van der Waals surface area contributed by atoms with Crippen molar-refractivity contribution in [1.82, 2.24) is 25.0 Å². The van der Waals surface area contributed by atoms with Crippen molar-refractivity contribution in [2.45, 2.75) is 44.6 Å². The molecule has 8 nitrogen and oxygen atoms in total. The van der Waals surface area contributed by atoms with E-state index in [2.05, 4.69) is 15.5 Å². The Bertz CT molecular complexity index is 1590. The summed E-state index contributed by atoms with van der Waals surface area (Å²) in [4.78, 5) is 26.9. The monoisotopic (exact) mass is 620 g/mol. The third kappa shape index (κ3) is 7.45. The number of benzene rings is 2. The zero-order chi connectivity index (χ0) is 31.6. The van der Waals surface area contributed by atoms with Gasteiger partial charge in [-0.05, 0) is 29.7 Å². The molecule has 2 aromatic carbocycles. The Morgan fingerprint density at radius 2 is 1.47 bits per heavy atom. The number of rotatable bonds is 8. The molecule has 1 aromatic heterocycles. The molecule has 3 N–H and O–H groups in total. The Morgan fingerprint density at radius 3 is 2.09 bits per heavy atom. The average molecular weight is 620 g/mol. The molecular weight excluding hydrogens is 599 g/mol. The van der Waals surface area contributed by atoms with E-state index in [0.29, 0.717) is 18.2 Å². The lowest BCUT2D eigenvalue weighted by Gasteiger charge is -2.29. The first-order valence-electron chi connectivity index (χ1n) is 12.4. The van der Waals surface area contributed by atoms with Crippen LogP contribution in [0.1, 0.15) is 29.2 Å². The number of carbonyl (C=O) groups excluding carboxylic acids is 2. The average Bonchev–Trinajstić information content (AvgIpc) is 3.34. The van der Waals surface area contributed by atoms with Crippen molar-refractivity contribution >= 4 is 11.8 Å². The molecule has 1 aliphatic rings. The molecule has 0 saturated heterocycles. The van der Waals surface area contributed by atoms with E-state index in [1.165, 1.54) is 0 Å². The maximum absolute atomic E-state index is 14.4. The van der Waals surface area contributed by atoms with Crippen LogP contribution in [0.3, 0.4) is 0 Å². The number of amides is 2. The van der Waals surface area contributed by atoms with Gasteiger partial charge in [0.05, 0.1) is 6.54 Å². The smallest absolute Gasteiger partial charge is 0.402 e. The fourth-order valence-corrected chi connectivity index (χ4v) is 4.46. The van der Waals surface area contributed by atoms with Gasteiger partial charge in [-0.25, -0.2) is 26.3 Å².